The molecular formula is C14H11BrS. The second-order valence-electron chi connectivity index (χ2n) is 3.97. The van der Waals surface area contributed by atoms with E-state index in [0.29, 0.717) is 4.83 Å². The lowest BCUT2D eigenvalue weighted by atomic mass is 10.1. The lowest BCUT2D eigenvalue weighted by molar-refractivity contribution is 1.17. The van der Waals surface area contributed by atoms with Crippen LogP contribution in [0.1, 0.15) is 16.6 Å². The maximum absolute atomic E-state index is 3.64. The molecule has 1 aromatic heterocycles. The van der Waals surface area contributed by atoms with Crippen LogP contribution in [0.3, 0.4) is 0 Å². The van der Waals surface area contributed by atoms with Gasteiger partial charge in [-0.2, -0.15) is 0 Å². The van der Waals surface area contributed by atoms with Crippen molar-refractivity contribution in [3.8, 4) is 0 Å². The topological polar surface area (TPSA) is 0 Å². The zero-order valence-corrected chi connectivity index (χ0v) is 11.3. The van der Waals surface area contributed by atoms with Gasteiger partial charge in [0.15, 0.2) is 0 Å². The van der Waals surface area contributed by atoms with Crippen LogP contribution < -0.4 is 0 Å². The molecule has 1 atom stereocenters. The maximum Gasteiger partial charge on any atom is 0.0461 e. The van der Waals surface area contributed by atoms with Crippen molar-refractivity contribution in [2.24, 2.45) is 0 Å². The first kappa shape index (κ1) is 10.3. The monoisotopic (exact) mass is 290 g/mol. The third kappa shape index (κ3) is 1.57. The van der Waals surface area contributed by atoms with Crippen molar-refractivity contribution in [3.05, 3.63) is 47.3 Å². The second-order valence-corrected chi connectivity index (χ2v) is 6.43. The van der Waals surface area contributed by atoms with Crippen molar-refractivity contribution in [1.82, 2.24) is 0 Å². The van der Waals surface area contributed by atoms with Crippen LogP contribution in [0.4, 0.5) is 0 Å². The molecule has 16 heavy (non-hydrogen) atoms. The molecular weight excluding hydrogens is 280 g/mol. The molecule has 0 spiro atoms. The molecule has 0 saturated heterocycles. The highest BCUT2D eigenvalue weighted by Gasteiger charge is 2.08. The standard InChI is InChI=1S/C14H11BrS/c1-9(15)13-8-11-7-6-10-4-2-3-5-12(10)14(11)16-13/h2-9H,1H3. The van der Waals surface area contributed by atoms with Crippen LogP contribution in [-0.2, 0) is 0 Å². The van der Waals surface area contributed by atoms with Crippen molar-refractivity contribution < 1.29 is 0 Å². The van der Waals surface area contributed by atoms with Gasteiger partial charge in [-0.3, -0.25) is 0 Å². The number of alkyl halides is 1. The maximum atomic E-state index is 3.64. The number of rotatable bonds is 1. The van der Waals surface area contributed by atoms with Crippen molar-refractivity contribution in [3.63, 3.8) is 0 Å². The Morgan fingerprint density at radius 1 is 1.06 bits per heavy atom. The van der Waals surface area contributed by atoms with Gasteiger partial charge in [-0.05, 0) is 29.1 Å². The fourth-order valence-corrected chi connectivity index (χ4v) is 3.52. The smallest absolute Gasteiger partial charge is 0.0461 e. The molecule has 0 nitrogen and oxygen atoms in total. The number of benzene rings is 2. The van der Waals surface area contributed by atoms with E-state index in [-0.39, 0.29) is 0 Å². The average Bonchev–Trinajstić information content (AvgIpc) is 2.73. The highest BCUT2D eigenvalue weighted by Crippen LogP contribution is 2.37. The first-order valence-corrected chi connectivity index (χ1v) is 7.04. The average molecular weight is 291 g/mol. The Morgan fingerprint density at radius 3 is 2.62 bits per heavy atom. The third-order valence-electron chi connectivity index (χ3n) is 2.82. The number of halogens is 1. The summed E-state index contributed by atoms with van der Waals surface area (Å²) in [5, 5.41) is 4.04. The lowest BCUT2D eigenvalue weighted by Crippen LogP contribution is -1.72. The largest absolute Gasteiger partial charge is 0.138 e. The van der Waals surface area contributed by atoms with Crippen LogP contribution in [-0.4, -0.2) is 0 Å². The molecule has 2 heteroatoms. The molecule has 80 valence electrons. The van der Waals surface area contributed by atoms with Crippen LogP contribution in [0.25, 0.3) is 20.9 Å². The first-order chi connectivity index (χ1) is 7.75. The van der Waals surface area contributed by atoms with Crippen LogP contribution in [0.15, 0.2) is 42.5 Å². The van der Waals surface area contributed by atoms with E-state index in [1.807, 2.05) is 11.3 Å². The van der Waals surface area contributed by atoms with Crippen molar-refractivity contribution >= 4 is 48.1 Å². The van der Waals surface area contributed by atoms with Crippen LogP contribution in [0.5, 0.6) is 0 Å². The van der Waals surface area contributed by atoms with E-state index < -0.39 is 0 Å². The fourth-order valence-electron chi connectivity index (χ4n) is 1.98. The molecule has 3 aromatic rings. The molecule has 1 unspecified atom stereocenters. The van der Waals surface area contributed by atoms with Gasteiger partial charge in [-0.25, -0.2) is 0 Å². The van der Waals surface area contributed by atoms with Gasteiger partial charge >= 0.3 is 0 Å². The van der Waals surface area contributed by atoms with Gasteiger partial charge in [0.05, 0.1) is 0 Å². The normalized spacial score (nSPS) is 13.4. The Kier molecular flexibility index (Phi) is 2.49. The molecule has 0 aliphatic carbocycles. The number of thiophene rings is 1. The summed E-state index contributed by atoms with van der Waals surface area (Å²) in [6.45, 7) is 2.17. The Hall–Kier alpha value is -0.860. The number of fused-ring (bicyclic) bond motifs is 3. The van der Waals surface area contributed by atoms with Gasteiger partial charge in [0.2, 0.25) is 0 Å². The minimum atomic E-state index is 0.434. The Labute approximate surface area is 107 Å². The quantitative estimate of drug-likeness (QED) is 0.518. The molecule has 0 amide bonds. The van der Waals surface area contributed by atoms with E-state index >= 15 is 0 Å². The van der Waals surface area contributed by atoms with E-state index in [4.69, 9.17) is 0 Å². The highest BCUT2D eigenvalue weighted by molar-refractivity contribution is 9.09. The lowest BCUT2D eigenvalue weighted by Gasteiger charge is -1.97. The molecule has 0 N–H and O–H groups in total. The SMILES string of the molecule is CC(Br)c1cc2ccc3ccccc3c2s1. The number of hydrogen-bond acceptors (Lipinski definition) is 1. The Balaban J connectivity index is 2.41. The molecule has 0 aliphatic heterocycles. The third-order valence-corrected chi connectivity index (χ3v) is 4.98. The molecule has 0 bridgehead atoms. The zero-order chi connectivity index (χ0) is 11.1. The minimum Gasteiger partial charge on any atom is -0.138 e. The van der Waals surface area contributed by atoms with Gasteiger partial charge < -0.3 is 0 Å². The first-order valence-electron chi connectivity index (χ1n) is 5.31. The predicted molar refractivity (Wildman–Crippen MR) is 76.7 cm³/mol. The van der Waals surface area contributed by atoms with Gasteiger partial charge in [0, 0.05) is 14.4 Å². The molecule has 3 rings (SSSR count). The molecule has 2 aromatic carbocycles. The van der Waals surface area contributed by atoms with E-state index in [1.165, 1.54) is 25.7 Å². The Morgan fingerprint density at radius 2 is 1.81 bits per heavy atom. The van der Waals surface area contributed by atoms with Crippen molar-refractivity contribution in [2.75, 3.05) is 0 Å². The van der Waals surface area contributed by atoms with E-state index in [9.17, 15) is 0 Å². The summed E-state index contributed by atoms with van der Waals surface area (Å²) in [6.07, 6.45) is 0. The summed E-state index contributed by atoms with van der Waals surface area (Å²) < 4.78 is 1.40. The van der Waals surface area contributed by atoms with Gasteiger partial charge in [-0.15, -0.1) is 11.3 Å². The molecule has 1 heterocycles. The van der Waals surface area contributed by atoms with Gasteiger partial charge in [0.25, 0.3) is 0 Å². The van der Waals surface area contributed by atoms with Crippen molar-refractivity contribution in [1.29, 1.82) is 0 Å². The van der Waals surface area contributed by atoms with E-state index in [1.54, 1.807) is 0 Å². The van der Waals surface area contributed by atoms with E-state index in [0.717, 1.165) is 0 Å². The molecule has 0 fully saturated rings. The zero-order valence-electron chi connectivity index (χ0n) is 8.91. The van der Waals surface area contributed by atoms with Crippen molar-refractivity contribution in [2.45, 2.75) is 11.8 Å². The summed E-state index contributed by atoms with van der Waals surface area (Å²) in [6, 6.07) is 15.3. The predicted octanol–water partition coefficient (Wildman–Crippen LogP) is 5.51. The van der Waals surface area contributed by atoms with Gasteiger partial charge in [-0.1, -0.05) is 52.3 Å². The highest BCUT2D eigenvalue weighted by atomic mass is 79.9. The summed E-state index contributed by atoms with van der Waals surface area (Å²) >= 11 is 5.52. The van der Waals surface area contributed by atoms with Gasteiger partial charge in [0.1, 0.15) is 0 Å². The molecule has 0 saturated carbocycles. The fraction of sp³-hybridized carbons (Fsp3) is 0.143. The number of hydrogen-bond donors (Lipinski definition) is 0. The summed E-state index contributed by atoms with van der Waals surface area (Å²) in [5.74, 6) is 0. The summed E-state index contributed by atoms with van der Waals surface area (Å²) in [4.78, 5) is 1.83. The van der Waals surface area contributed by atoms with Crippen LogP contribution in [0, 0.1) is 0 Å². The van der Waals surface area contributed by atoms with Crippen LogP contribution >= 0.6 is 27.3 Å². The molecule has 0 aliphatic rings. The summed E-state index contributed by atoms with van der Waals surface area (Å²) in [7, 11) is 0. The Bertz CT molecular complexity index is 652. The summed E-state index contributed by atoms with van der Waals surface area (Å²) in [5.41, 5.74) is 0. The second kappa shape index (κ2) is 3.86. The van der Waals surface area contributed by atoms with Crippen LogP contribution in [0.2, 0.25) is 0 Å². The van der Waals surface area contributed by atoms with E-state index in [2.05, 4.69) is 65.3 Å². The minimum absolute atomic E-state index is 0.434. The molecule has 0 radical (unpaired) electrons.